The molecule has 3 heterocycles. The summed E-state index contributed by atoms with van der Waals surface area (Å²) in [5.41, 5.74) is 3.39. The monoisotopic (exact) mass is 420 g/mol. The number of halogens is 1. The van der Waals surface area contributed by atoms with Crippen LogP contribution in [0.1, 0.15) is 47.4 Å². The Hall–Kier alpha value is -3.29. The number of carbonyl (C=O) groups is 1. The van der Waals surface area contributed by atoms with Gasteiger partial charge >= 0.3 is 0 Å². The fraction of sp³-hybridized carbons (Fsp3) is 0.391. The molecule has 1 saturated heterocycles. The lowest BCUT2D eigenvalue weighted by Crippen LogP contribution is -2.45. The maximum absolute atomic E-state index is 13.4. The standard InChI is InChI=1S/C23H25FN6O/c24-16-6-8-18(9-7-16)30-20-5-2-1-4-19(20)21(28-30)22(31)27-17-10-14-29(15-11-17)23-25-12-3-13-26-23/h3,6-9,12-13,17H,1-2,4-5,10-11,14-15H2,(H,27,31). The van der Waals surface area contributed by atoms with Crippen LogP contribution >= 0.6 is 0 Å². The smallest absolute Gasteiger partial charge is 0.272 e. The van der Waals surface area contributed by atoms with Gasteiger partial charge in [-0.3, -0.25) is 4.79 Å². The summed E-state index contributed by atoms with van der Waals surface area (Å²) in [6, 6.07) is 8.18. The zero-order chi connectivity index (χ0) is 21.2. The van der Waals surface area contributed by atoms with Gasteiger partial charge in [0.15, 0.2) is 5.69 Å². The van der Waals surface area contributed by atoms with Crippen LogP contribution in [0.25, 0.3) is 5.69 Å². The summed E-state index contributed by atoms with van der Waals surface area (Å²) < 4.78 is 15.2. The van der Waals surface area contributed by atoms with Crippen molar-refractivity contribution in [2.24, 2.45) is 0 Å². The Morgan fingerprint density at radius 3 is 2.48 bits per heavy atom. The first-order chi connectivity index (χ1) is 15.2. The third-order valence-electron chi connectivity index (χ3n) is 6.13. The number of piperidine rings is 1. The fourth-order valence-electron chi connectivity index (χ4n) is 4.51. The first-order valence-electron chi connectivity index (χ1n) is 10.9. The van der Waals surface area contributed by atoms with Crippen LogP contribution in [0.2, 0.25) is 0 Å². The van der Waals surface area contributed by atoms with Gasteiger partial charge in [-0.2, -0.15) is 5.10 Å². The summed E-state index contributed by atoms with van der Waals surface area (Å²) in [5, 5.41) is 7.86. The predicted molar refractivity (Wildman–Crippen MR) is 115 cm³/mol. The zero-order valence-corrected chi connectivity index (χ0v) is 17.3. The van der Waals surface area contributed by atoms with Crippen LogP contribution in [0.15, 0.2) is 42.7 Å². The summed E-state index contributed by atoms with van der Waals surface area (Å²) in [5.74, 6) is 0.336. The molecule has 8 heteroatoms. The summed E-state index contributed by atoms with van der Waals surface area (Å²) in [6.45, 7) is 1.61. The second kappa shape index (κ2) is 8.45. The molecule has 0 unspecified atom stereocenters. The van der Waals surface area contributed by atoms with Crippen LogP contribution < -0.4 is 10.2 Å². The van der Waals surface area contributed by atoms with E-state index < -0.39 is 0 Å². The van der Waals surface area contributed by atoms with E-state index in [9.17, 15) is 9.18 Å². The SMILES string of the molecule is O=C(NC1CCN(c2ncccn2)CC1)c1nn(-c2ccc(F)cc2)c2c1CCCC2. The molecular weight excluding hydrogens is 395 g/mol. The van der Waals surface area contributed by atoms with E-state index >= 15 is 0 Å². The van der Waals surface area contributed by atoms with Crippen LogP contribution in [0, 0.1) is 5.82 Å². The fourth-order valence-corrected chi connectivity index (χ4v) is 4.51. The largest absolute Gasteiger partial charge is 0.348 e. The Balaban J connectivity index is 1.31. The van der Waals surface area contributed by atoms with Crippen molar-refractivity contribution in [1.82, 2.24) is 25.1 Å². The summed E-state index contributed by atoms with van der Waals surface area (Å²) in [6.07, 6.45) is 9.02. The zero-order valence-electron chi connectivity index (χ0n) is 17.3. The highest BCUT2D eigenvalue weighted by Crippen LogP contribution is 2.27. The minimum absolute atomic E-state index is 0.0997. The normalized spacial score (nSPS) is 16.7. The Morgan fingerprint density at radius 2 is 1.74 bits per heavy atom. The molecule has 1 aromatic carbocycles. The summed E-state index contributed by atoms with van der Waals surface area (Å²) in [4.78, 5) is 23.9. The van der Waals surface area contributed by atoms with E-state index in [0.29, 0.717) is 5.69 Å². The summed E-state index contributed by atoms with van der Waals surface area (Å²) in [7, 11) is 0. The molecule has 1 N–H and O–H groups in total. The third kappa shape index (κ3) is 4.02. The molecule has 0 spiro atoms. The molecule has 1 aliphatic carbocycles. The molecule has 3 aromatic rings. The number of hydrogen-bond acceptors (Lipinski definition) is 5. The molecular formula is C23H25FN6O. The van der Waals surface area contributed by atoms with E-state index in [1.165, 1.54) is 12.1 Å². The lowest BCUT2D eigenvalue weighted by molar-refractivity contribution is 0.0924. The Kier molecular flexibility index (Phi) is 5.36. The lowest BCUT2D eigenvalue weighted by atomic mass is 9.95. The first-order valence-corrected chi connectivity index (χ1v) is 10.9. The average Bonchev–Trinajstić information content (AvgIpc) is 3.21. The van der Waals surface area contributed by atoms with Gasteiger partial charge in [0.25, 0.3) is 5.91 Å². The van der Waals surface area contributed by atoms with Gasteiger partial charge in [-0.1, -0.05) is 0 Å². The van der Waals surface area contributed by atoms with Crippen molar-refractivity contribution in [3.8, 4) is 5.69 Å². The molecule has 0 saturated carbocycles. The lowest BCUT2D eigenvalue weighted by Gasteiger charge is -2.32. The average molecular weight is 420 g/mol. The first kappa shape index (κ1) is 19.7. The number of rotatable bonds is 4. The molecule has 1 aliphatic heterocycles. The van der Waals surface area contributed by atoms with Gasteiger partial charge in [-0.05, 0) is 68.9 Å². The van der Waals surface area contributed by atoms with Gasteiger partial charge in [0, 0.05) is 42.8 Å². The molecule has 7 nitrogen and oxygen atoms in total. The molecule has 160 valence electrons. The van der Waals surface area contributed by atoms with Crippen LogP contribution in [-0.2, 0) is 12.8 Å². The number of nitrogens with one attached hydrogen (secondary N) is 1. The van der Waals surface area contributed by atoms with Crippen LogP contribution in [0.4, 0.5) is 10.3 Å². The van der Waals surface area contributed by atoms with Gasteiger partial charge in [0.1, 0.15) is 5.82 Å². The van der Waals surface area contributed by atoms with Crippen molar-refractivity contribution >= 4 is 11.9 Å². The Bertz CT molecular complexity index is 1060. The van der Waals surface area contributed by atoms with Crippen molar-refractivity contribution in [2.45, 2.75) is 44.6 Å². The van der Waals surface area contributed by atoms with Gasteiger partial charge in [0.05, 0.1) is 5.69 Å². The topological polar surface area (TPSA) is 75.9 Å². The Morgan fingerprint density at radius 1 is 1.03 bits per heavy atom. The third-order valence-corrected chi connectivity index (χ3v) is 6.13. The van der Waals surface area contributed by atoms with Crippen molar-refractivity contribution in [3.63, 3.8) is 0 Å². The van der Waals surface area contributed by atoms with Crippen molar-refractivity contribution in [3.05, 3.63) is 65.5 Å². The highest BCUT2D eigenvalue weighted by atomic mass is 19.1. The molecule has 1 amide bonds. The van der Waals surface area contributed by atoms with E-state index in [2.05, 4.69) is 25.3 Å². The molecule has 2 aliphatic rings. The molecule has 0 radical (unpaired) electrons. The number of amides is 1. The molecule has 0 atom stereocenters. The number of nitrogens with zero attached hydrogens (tertiary/aromatic N) is 5. The number of anilines is 1. The second-order valence-corrected chi connectivity index (χ2v) is 8.15. The van der Waals surface area contributed by atoms with Crippen molar-refractivity contribution < 1.29 is 9.18 Å². The highest BCUT2D eigenvalue weighted by Gasteiger charge is 2.28. The van der Waals surface area contributed by atoms with Gasteiger partial charge in [0.2, 0.25) is 5.95 Å². The molecule has 5 rings (SSSR count). The number of carbonyl (C=O) groups excluding carboxylic acids is 1. The van der Waals surface area contributed by atoms with Gasteiger partial charge < -0.3 is 10.2 Å². The minimum atomic E-state index is -0.282. The molecule has 0 bridgehead atoms. The minimum Gasteiger partial charge on any atom is -0.348 e. The van der Waals surface area contributed by atoms with E-state index in [1.807, 2.05) is 10.7 Å². The predicted octanol–water partition coefficient (Wildman–Crippen LogP) is 3.08. The number of hydrogen-bond donors (Lipinski definition) is 1. The highest BCUT2D eigenvalue weighted by molar-refractivity contribution is 5.94. The molecule has 31 heavy (non-hydrogen) atoms. The van der Waals surface area contributed by atoms with E-state index in [-0.39, 0.29) is 17.8 Å². The second-order valence-electron chi connectivity index (χ2n) is 8.15. The van der Waals surface area contributed by atoms with Crippen molar-refractivity contribution in [1.29, 1.82) is 0 Å². The van der Waals surface area contributed by atoms with Crippen LogP contribution in [0.3, 0.4) is 0 Å². The number of fused-ring (bicyclic) bond motifs is 1. The quantitative estimate of drug-likeness (QED) is 0.702. The Labute approximate surface area is 180 Å². The van der Waals surface area contributed by atoms with Crippen molar-refractivity contribution in [2.75, 3.05) is 18.0 Å². The van der Waals surface area contributed by atoms with Crippen LogP contribution in [0.5, 0.6) is 0 Å². The summed E-state index contributed by atoms with van der Waals surface area (Å²) >= 11 is 0. The molecule has 2 aromatic heterocycles. The molecule has 1 fully saturated rings. The number of aromatic nitrogens is 4. The van der Waals surface area contributed by atoms with E-state index in [4.69, 9.17) is 0 Å². The van der Waals surface area contributed by atoms with Gasteiger partial charge in [-0.25, -0.2) is 19.0 Å². The maximum atomic E-state index is 13.4. The van der Waals surface area contributed by atoms with Crippen LogP contribution in [-0.4, -0.2) is 44.8 Å². The van der Waals surface area contributed by atoms with E-state index in [1.54, 1.807) is 24.5 Å². The van der Waals surface area contributed by atoms with Gasteiger partial charge in [-0.15, -0.1) is 0 Å². The maximum Gasteiger partial charge on any atom is 0.272 e. The van der Waals surface area contributed by atoms with E-state index in [0.717, 1.165) is 74.5 Å². The number of benzene rings is 1.